The molecule has 0 aromatic heterocycles. The minimum atomic E-state index is 0. The molecule has 0 aliphatic carbocycles. The maximum Gasteiger partial charge on any atom is 1.00 e. The Bertz CT molecular complexity index is 171. The molecule has 0 N–H and O–H groups in total. The van der Waals surface area contributed by atoms with Crippen LogP contribution in [0.1, 0.15) is 5.56 Å². The Morgan fingerprint density at radius 1 is 1.20 bits per heavy atom. The monoisotopic (exact) mass is 168 g/mol. The molecule has 0 radical (unpaired) electrons. The summed E-state index contributed by atoms with van der Waals surface area (Å²) in [6.07, 6.45) is 0. The van der Waals surface area contributed by atoms with Gasteiger partial charge in [-0.3, -0.25) is 0 Å². The van der Waals surface area contributed by atoms with Gasteiger partial charge >= 0.3 is 59.1 Å². The van der Waals surface area contributed by atoms with E-state index in [0.717, 1.165) is 5.30 Å². The molecule has 3 heteroatoms. The van der Waals surface area contributed by atoms with Gasteiger partial charge in [-0.15, -0.1) is 12.1 Å². The molecule has 0 aliphatic heterocycles. The molecule has 10 heavy (non-hydrogen) atoms. The second-order valence-electron chi connectivity index (χ2n) is 1.84. The summed E-state index contributed by atoms with van der Waals surface area (Å²) in [5, 5.41) is 1.03. The van der Waals surface area contributed by atoms with E-state index in [1.54, 1.807) is 0 Å². The first kappa shape index (κ1) is 14.2. The maximum absolute atomic E-state index is 4.15. The van der Waals surface area contributed by atoms with Crippen molar-refractivity contribution in [1.82, 2.24) is 0 Å². The summed E-state index contributed by atoms with van der Waals surface area (Å²) in [4.78, 5) is 0. The van der Waals surface area contributed by atoms with Gasteiger partial charge in [0.2, 0.25) is 0 Å². The molecule has 0 atom stereocenters. The Morgan fingerprint density at radius 2 is 1.80 bits per heavy atom. The first-order valence-corrected chi connectivity index (χ1v) is 2.99. The molecule has 0 heterocycles. The van der Waals surface area contributed by atoms with Crippen molar-refractivity contribution in [3.05, 3.63) is 29.8 Å². The predicted octanol–water partition coefficient (Wildman–Crippen LogP) is -3.96. The van der Waals surface area contributed by atoms with E-state index in [9.17, 15) is 0 Å². The van der Waals surface area contributed by atoms with E-state index in [0.29, 0.717) is 0 Å². The topological polar surface area (TPSA) is 0 Å². The van der Waals surface area contributed by atoms with Crippen molar-refractivity contribution in [3.8, 4) is 0 Å². The Balaban J connectivity index is 0. The number of benzene rings is 1. The van der Waals surface area contributed by atoms with Crippen molar-refractivity contribution in [1.29, 1.82) is 0 Å². The average molecular weight is 168 g/mol. The van der Waals surface area contributed by atoms with E-state index in [2.05, 4.69) is 22.2 Å². The molecule has 42 valence electrons. The van der Waals surface area contributed by atoms with Crippen molar-refractivity contribution >= 4 is 14.5 Å². The Morgan fingerprint density at radius 3 is 2.10 bits per heavy atom. The average Bonchev–Trinajstić information content (AvgIpc) is 1.64. The van der Waals surface area contributed by atoms with Crippen LogP contribution in [-0.2, 0) is 0 Å². The van der Waals surface area contributed by atoms with Gasteiger partial charge in [0.25, 0.3) is 0 Å². The van der Waals surface area contributed by atoms with E-state index < -0.39 is 0 Å². The van der Waals surface area contributed by atoms with Crippen LogP contribution in [0.2, 0.25) is 0 Å². The smallest absolute Gasteiger partial charge is 1.00 e. The van der Waals surface area contributed by atoms with Crippen LogP contribution in [-0.4, -0.2) is 0 Å². The third-order valence-electron chi connectivity index (χ3n) is 1.00. The van der Waals surface area contributed by atoms with Gasteiger partial charge in [0.1, 0.15) is 0 Å². The second kappa shape index (κ2) is 7.31. The third kappa shape index (κ3) is 5.32. The van der Waals surface area contributed by atoms with Crippen LogP contribution in [0.4, 0.5) is 0 Å². The Kier molecular flexibility index (Phi) is 10.4. The van der Waals surface area contributed by atoms with Crippen molar-refractivity contribution in [3.63, 3.8) is 0 Å². The summed E-state index contributed by atoms with van der Waals surface area (Å²) in [5.74, 6) is 0. The minimum absolute atomic E-state index is 0. The summed E-state index contributed by atoms with van der Waals surface area (Å²) in [5.41, 5.74) is 1.26. The molecule has 1 rings (SSSR count). The summed E-state index contributed by atoms with van der Waals surface area (Å²) < 4.78 is 0. The molecule has 1 aromatic rings. The van der Waals surface area contributed by atoms with Crippen molar-refractivity contribution in [2.75, 3.05) is 0 Å². The van der Waals surface area contributed by atoms with Gasteiger partial charge in [-0.2, -0.15) is 0 Å². The molecule has 0 spiro atoms. The van der Waals surface area contributed by atoms with Gasteiger partial charge in [0.15, 0.2) is 0 Å². The molecular weight excluding hydrogens is 161 g/mol. The fraction of sp³-hybridized carbons (Fsp3) is 0.143. The van der Waals surface area contributed by atoms with E-state index in [1.807, 2.05) is 18.2 Å². The van der Waals surface area contributed by atoms with Crippen molar-refractivity contribution in [2.24, 2.45) is 0 Å². The Hall–Kier alpha value is 1.65. The molecule has 0 saturated heterocycles. The predicted molar refractivity (Wildman–Crippen MR) is 37.7 cm³/mol. The van der Waals surface area contributed by atoms with E-state index in [1.165, 1.54) is 5.56 Å². The fourth-order valence-electron chi connectivity index (χ4n) is 0.628. The molecule has 0 saturated carbocycles. The first-order chi connectivity index (χ1) is 3.79. The van der Waals surface area contributed by atoms with Crippen LogP contribution in [0, 0.1) is 6.92 Å². The van der Waals surface area contributed by atoms with E-state index >= 15 is 0 Å². The van der Waals surface area contributed by atoms with Gasteiger partial charge in [-0.1, -0.05) is 17.7 Å². The van der Waals surface area contributed by atoms with Crippen LogP contribution in [0.25, 0.3) is 0 Å². The van der Waals surface area contributed by atoms with Crippen LogP contribution < -0.4 is 64.4 Å². The number of rotatable bonds is 0. The second-order valence-corrected chi connectivity index (χ2v) is 2.36. The largest absolute Gasteiger partial charge is 1.45 e. The van der Waals surface area contributed by atoms with Crippen LogP contribution in [0.3, 0.4) is 0 Å². The normalized spacial score (nSPS) is 7.40. The molecular formula is C7H7Na2P. The van der Waals surface area contributed by atoms with Crippen LogP contribution in [0.15, 0.2) is 24.3 Å². The van der Waals surface area contributed by atoms with E-state index in [4.69, 9.17) is 0 Å². The minimum Gasteiger partial charge on any atom is -1.45 e. The number of hydrogen-bond acceptors (Lipinski definition) is 0. The molecule has 0 bridgehead atoms. The summed E-state index contributed by atoms with van der Waals surface area (Å²) >= 11 is 0. The summed E-state index contributed by atoms with van der Waals surface area (Å²) in [6, 6.07) is 8.05. The third-order valence-corrected chi connectivity index (χ3v) is 1.28. The maximum atomic E-state index is 4.15. The molecule has 0 unspecified atom stereocenters. The first-order valence-electron chi connectivity index (χ1n) is 2.54. The van der Waals surface area contributed by atoms with Gasteiger partial charge in [-0.05, 0) is 6.92 Å². The van der Waals surface area contributed by atoms with E-state index in [-0.39, 0.29) is 59.1 Å². The van der Waals surface area contributed by atoms with Crippen LogP contribution in [0.5, 0.6) is 0 Å². The van der Waals surface area contributed by atoms with Gasteiger partial charge < -0.3 is 14.5 Å². The zero-order chi connectivity index (χ0) is 5.98. The number of aryl methyl sites for hydroxylation is 1. The molecule has 0 amide bonds. The zero-order valence-electron chi connectivity index (χ0n) is 6.76. The molecule has 1 aromatic carbocycles. The van der Waals surface area contributed by atoms with Gasteiger partial charge in [-0.25, -0.2) is 0 Å². The zero-order valence-corrected chi connectivity index (χ0v) is 11.7. The molecule has 0 fully saturated rings. The Labute approximate surface area is 109 Å². The van der Waals surface area contributed by atoms with Crippen molar-refractivity contribution in [2.45, 2.75) is 6.92 Å². The summed E-state index contributed by atoms with van der Waals surface area (Å²) in [7, 11) is 4.15. The van der Waals surface area contributed by atoms with Crippen molar-refractivity contribution < 1.29 is 59.1 Å². The molecule has 0 aliphatic rings. The quantitative estimate of drug-likeness (QED) is 0.274. The van der Waals surface area contributed by atoms with Gasteiger partial charge in [0, 0.05) is 0 Å². The SMILES string of the molecule is Cc1cccc([P-2])c1.[Na+].[Na+]. The number of hydrogen-bond donors (Lipinski definition) is 0. The standard InChI is InChI=1S/C7H7P.2Na/c1-6-3-2-4-7(8)5-6;;/h2-5H,1H3;;/q-2;2*+1. The van der Waals surface area contributed by atoms with Gasteiger partial charge in [0.05, 0.1) is 0 Å². The van der Waals surface area contributed by atoms with Crippen LogP contribution >= 0.6 is 9.24 Å². The summed E-state index contributed by atoms with van der Waals surface area (Å²) in [6.45, 7) is 2.06. The molecule has 0 nitrogen and oxygen atoms in total. The fourth-order valence-corrected chi connectivity index (χ4v) is 0.918.